The lowest BCUT2D eigenvalue weighted by Crippen LogP contribution is -2.05. The Labute approximate surface area is 111 Å². The Balaban J connectivity index is 2.60. The van der Waals surface area contributed by atoms with Gasteiger partial charge in [-0.05, 0) is 31.0 Å². The number of rotatable bonds is 4. The normalized spacial score (nSPS) is 10.6. The molecule has 0 spiro atoms. The molecule has 2 aromatic rings. The number of aromatic nitrogens is 3. The van der Waals surface area contributed by atoms with Crippen LogP contribution >= 0.6 is 11.6 Å². The zero-order valence-electron chi connectivity index (χ0n) is 10.4. The predicted octanol–water partition coefficient (Wildman–Crippen LogP) is 2.99. The van der Waals surface area contributed by atoms with E-state index in [1.807, 2.05) is 25.1 Å². The summed E-state index contributed by atoms with van der Waals surface area (Å²) in [7, 11) is 0. The molecule has 0 atom stereocenters. The molecule has 0 radical (unpaired) electrons. The minimum absolute atomic E-state index is 0.399. The molecule has 18 heavy (non-hydrogen) atoms. The van der Waals surface area contributed by atoms with Gasteiger partial charge in [0.25, 0.3) is 0 Å². The van der Waals surface area contributed by atoms with Crippen molar-refractivity contribution in [1.29, 1.82) is 0 Å². The lowest BCUT2D eigenvalue weighted by molar-refractivity contribution is 0.111. The Morgan fingerprint density at radius 1 is 1.44 bits per heavy atom. The third kappa shape index (κ3) is 2.16. The largest absolute Gasteiger partial charge is 0.296 e. The smallest absolute Gasteiger partial charge is 0.172 e. The molecular weight excluding hydrogens is 250 g/mol. The van der Waals surface area contributed by atoms with Gasteiger partial charge in [-0.2, -0.15) is 0 Å². The molecule has 0 unspecified atom stereocenters. The molecule has 0 bridgehead atoms. The summed E-state index contributed by atoms with van der Waals surface area (Å²) in [5, 5.41) is 8.64. The van der Waals surface area contributed by atoms with Gasteiger partial charge in [0.15, 0.2) is 6.29 Å². The molecule has 4 nitrogen and oxygen atoms in total. The van der Waals surface area contributed by atoms with Gasteiger partial charge >= 0.3 is 0 Å². The number of hydrogen-bond acceptors (Lipinski definition) is 3. The van der Waals surface area contributed by atoms with Crippen molar-refractivity contribution >= 4 is 17.9 Å². The molecule has 94 valence electrons. The van der Waals surface area contributed by atoms with E-state index >= 15 is 0 Å². The number of nitrogens with zero attached hydrogens (tertiary/aromatic N) is 3. The minimum atomic E-state index is 0.399. The highest BCUT2D eigenvalue weighted by Gasteiger charge is 2.14. The summed E-state index contributed by atoms with van der Waals surface area (Å²) >= 11 is 6.10. The molecule has 0 aliphatic rings. The van der Waals surface area contributed by atoms with Crippen LogP contribution in [0.15, 0.2) is 18.2 Å². The minimum Gasteiger partial charge on any atom is -0.296 e. The van der Waals surface area contributed by atoms with Crippen LogP contribution in [0, 0.1) is 6.92 Å². The van der Waals surface area contributed by atoms with Crippen molar-refractivity contribution in [3.63, 3.8) is 0 Å². The summed E-state index contributed by atoms with van der Waals surface area (Å²) in [6.07, 6.45) is 2.43. The first kappa shape index (κ1) is 12.8. The van der Waals surface area contributed by atoms with Gasteiger partial charge in [0.1, 0.15) is 5.69 Å². The first-order valence-electron chi connectivity index (χ1n) is 5.84. The molecule has 0 aliphatic heterocycles. The second-order valence-electron chi connectivity index (χ2n) is 4.08. The molecule has 1 aromatic heterocycles. The van der Waals surface area contributed by atoms with E-state index in [1.165, 1.54) is 0 Å². The van der Waals surface area contributed by atoms with Crippen LogP contribution in [0.4, 0.5) is 0 Å². The van der Waals surface area contributed by atoms with Crippen molar-refractivity contribution in [2.45, 2.75) is 26.7 Å². The summed E-state index contributed by atoms with van der Waals surface area (Å²) in [6, 6.07) is 5.61. The number of aldehydes is 1. The van der Waals surface area contributed by atoms with Gasteiger partial charge in [-0.3, -0.25) is 4.79 Å². The van der Waals surface area contributed by atoms with Crippen LogP contribution in [0.5, 0.6) is 0 Å². The molecule has 0 fully saturated rings. The highest BCUT2D eigenvalue weighted by molar-refractivity contribution is 6.31. The van der Waals surface area contributed by atoms with E-state index in [0.29, 0.717) is 10.7 Å². The third-order valence-electron chi connectivity index (χ3n) is 2.86. The first-order valence-corrected chi connectivity index (χ1v) is 6.22. The molecule has 0 saturated carbocycles. The number of carbonyl (C=O) groups excluding carboxylic acids is 1. The van der Waals surface area contributed by atoms with Gasteiger partial charge in [-0.1, -0.05) is 36.2 Å². The van der Waals surface area contributed by atoms with Crippen LogP contribution in [-0.2, 0) is 6.42 Å². The summed E-state index contributed by atoms with van der Waals surface area (Å²) in [5.41, 5.74) is 3.03. The van der Waals surface area contributed by atoms with E-state index in [9.17, 15) is 4.79 Å². The third-order valence-corrected chi connectivity index (χ3v) is 3.27. The van der Waals surface area contributed by atoms with Crippen LogP contribution in [0.1, 0.15) is 35.1 Å². The van der Waals surface area contributed by atoms with Gasteiger partial charge in [0, 0.05) is 5.02 Å². The summed E-state index contributed by atoms with van der Waals surface area (Å²) in [6.45, 7) is 3.98. The van der Waals surface area contributed by atoms with Crippen LogP contribution in [0.3, 0.4) is 0 Å². The fourth-order valence-corrected chi connectivity index (χ4v) is 2.06. The van der Waals surface area contributed by atoms with Crippen molar-refractivity contribution in [1.82, 2.24) is 15.0 Å². The molecular formula is C13H14ClN3O. The maximum absolute atomic E-state index is 11.0. The van der Waals surface area contributed by atoms with E-state index in [0.717, 1.165) is 36.1 Å². The average molecular weight is 264 g/mol. The lowest BCUT2D eigenvalue weighted by Gasteiger charge is -2.09. The van der Waals surface area contributed by atoms with Crippen molar-refractivity contribution < 1.29 is 4.79 Å². The van der Waals surface area contributed by atoms with E-state index < -0.39 is 0 Å². The summed E-state index contributed by atoms with van der Waals surface area (Å²) < 4.78 is 1.70. The van der Waals surface area contributed by atoms with Crippen molar-refractivity contribution in [2.24, 2.45) is 0 Å². The monoisotopic (exact) mass is 263 g/mol. The average Bonchev–Trinajstić information content (AvgIpc) is 2.76. The Hall–Kier alpha value is -1.68. The van der Waals surface area contributed by atoms with Crippen molar-refractivity contribution in [3.05, 3.63) is 40.2 Å². The fourth-order valence-electron chi connectivity index (χ4n) is 1.89. The SMILES string of the molecule is CCCc1c(C=O)nnn1-c1cccc(Cl)c1C. The van der Waals surface area contributed by atoms with Crippen LogP contribution in [0.25, 0.3) is 5.69 Å². The van der Waals surface area contributed by atoms with Crippen LogP contribution in [0.2, 0.25) is 5.02 Å². The van der Waals surface area contributed by atoms with E-state index in [1.54, 1.807) is 4.68 Å². The number of carbonyl (C=O) groups is 1. The zero-order chi connectivity index (χ0) is 13.1. The van der Waals surface area contributed by atoms with E-state index in [-0.39, 0.29) is 0 Å². The molecule has 5 heteroatoms. The lowest BCUT2D eigenvalue weighted by atomic mass is 10.1. The zero-order valence-corrected chi connectivity index (χ0v) is 11.1. The molecule has 1 heterocycles. The highest BCUT2D eigenvalue weighted by Crippen LogP contribution is 2.23. The Bertz CT molecular complexity index is 578. The molecule has 1 aromatic carbocycles. The summed E-state index contributed by atoms with van der Waals surface area (Å²) in [4.78, 5) is 11.0. The topological polar surface area (TPSA) is 47.8 Å². The standard InChI is InChI=1S/C13H14ClN3O/c1-3-5-13-11(8-18)15-16-17(13)12-7-4-6-10(14)9(12)2/h4,6-8H,3,5H2,1-2H3. The highest BCUT2D eigenvalue weighted by atomic mass is 35.5. The van der Waals surface area contributed by atoms with Crippen molar-refractivity contribution in [2.75, 3.05) is 0 Å². The maximum Gasteiger partial charge on any atom is 0.172 e. The molecule has 0 aliphatic carbocycles. The Morgan fingerprint density at radius 2 is 2.22 bits per heavy atom. The number of hydrogen-bond donors (Lipinski definition) is 0. The van der Waals surface area contributed by atoms with Gasteiger partial charge in [-0.25, -0.2) is 4.68 Å². The molecule has 0 N–H and O–H groups in total. The van der Waals surface area contributed by atoms with E-state index in [4.69, 9.17) is 11.6 Å². The maximum atomic E-state index is 11.0. The number of benzene rings is 1. The quantitative estimate of drug-likeness (QED) is 0.797. The van der Waals surface area contributed by atoms with Crippen LogP contribution in [-0.4, -0.2) is 21.3 Å². The summed E-state index contributed by atoms with van der Waals surface area (Å²) in [5.74, 6) is 0. The van der Waals surface area contributed by atoms with Gasteiger partial charge in [-0.15, -0.1) is 5.10 Å². The Morgan fingerprint density at radius 3 is 2.89 bits per heavy atom. The van der Waals surface area contributed by atoms with E-state index in [2.05, 4.69) is 17.2 Å². The second kappa shape index (κ2) is 5.31. The van der Waals surface area contributed by atoms with Crippen molar-refractivity contribution in [3.8, 4) is 5.69 Å². The second-order valence-corrected chi connectivity index (χ2v) is 4.49. The fraction of sp³-hybridized carbons (Fsp3) is 0.308. The molecule has 0 saturated heterocycles. The van der Waals surface area contributed by atoms with Gasteiger partial charge in [0.2, 0.25) is 0 Å². The molecule has 2 rings (SSSR count). The molecule has 0 amide bonds. The Kier molecular flexibility index (Phi) is 3.77. The van der Waals surface area contributed by atoms with Crippen LogP contribution < -0.4 is 0 Å². The first-order chi connectivity index (χ1) is 8.69. The van der Waals surface area contributed by atoms with Gasteiger partial charge < -0.3 is 0 Å². The predicted molar refractivity (Wildman–Crippen MR) is 70.5 cm³/mol. The van der Waals surface area contributed by atoms with Gasteiger partial charge in [0.05, 0.1) is 11.4 Å². The number of halogens is 1.